The second-order valence-corrected chi connectivity index (χ2v) is 4.93. The van der Waals surface area contributed by atoms with Gasteiger partial charge in [0.25, 0.3) is 0 Å². The average molecular weight is 275 g/mol. The lowest BCUT2D eigenvalue weighted by molar-refractivity contribution is -0.121. The summed E-state index contributed by atoms with van der Waals surface area (Å²) >= 11 is 0. The van der Waals surface area contributed by atoms with E-state index in [-0.39, 0.29) is 11.9 Å². The maximum atomic E-state index is 12.1. The van der Waals surface area contributed by atoms with Crippen molar-refractivity contribution in [1.82, 2.24) is 5.32 Å². The fourth-order valence-corrected chi connectivity index (χ4v) is 2.61. The van der Waals surface area contributed by atoms with Crippen LogP contribution in [0.15, 0.2) is 29.4 Å². The van der Waals surface area contributed by atoms with Gasteiger partial charge in [-0.05, 0) is 32.8 Å². The molecule has 0 spiro atoms. The molecule has 0 saturated carbocycles. The highest BCUT2D eigenvalue weighted by molar-refractivity contribution is 6.06. The molecule has 1 aliphatic rings. The molecule has 1 unspecified atom stereocenters. The van der Waals surface area contributed by atoms with Crippen molar-refractivity contribution in [3.63, 3.8) is 0 Å². The van der Waals surface area contributed by atoms with Crippen molar-refractivity contribution in [3.8, 4) is 0 Å². The number of likely N-dealkylation sites (N-methyl/N-ethyl adjacent to an activating group) is 1. The number of hydrogen-bond donors (Lipinski definition) is 2. The summed E-state index contributed by atoms with van der Waals surface area (Å²) in [5.41, 5.74) is 2.55. The van der Waals surface area contributed by atoms with Gasteiger partial charge in [-0.25, -0.2) is 0 Å². The Morgan fingerprint density at radius 1 is 1.50 bits per heavy atom. The van der Waals surface area contributed by atoms with E-state index in [1.807, 2.05) is 38.1 Å². The minimum absolute atomic E-state index is 0.0201. The number of amides is 1. The van der Waals surface area contributed by atoms with E-state index in [9.17, 15) is 10.0 Å². The van der Waals surface area contributed by atoms with Gasteiger partial charge in [0.2, 0.25) is 5.91 Å². The third kappa shape index (κ3) is 2.76. The molecule has 0 aromatic heterocycles. The van der Waals surface area contributed by atoms with Gasteiger partial charge < -0.3 is 15.4 Å². The summed E-state index contributed by atoms with van der Waals surface area (Å²) in [6.45, 7) is 5.22. The first-order chi connectivity index (χ1) is 9.69. The maximum absolute atomic E-state index is 12.1. The summed E-state index contributed by atoms with van der Waals surface area (Å²) in [6.07, 6.45) is 1.57. The molecule has 1 aromatic rings. The first-order valence-electron chi connectivity index (χ1n) is 7.03. The summed E-state index contributed by atoms with van der Waals surface area (Å²) in [5.74, 6) is 0.0201. The summed E-state index contributed by atoms with van der Waals surface area (Å²) in [5, 5.41) is 15.4. The number of benzene rings is 1. The Balaban J connectivity index is 2.37. The molecular weight excluding hydrogens is 254 g/mol. The predicted octanol–water partition coefficient (Wildman–Crippen LogP) is 1.99. The van der Waals surface area contributed by atoms with E-state index in [4.69, 9.17) is 0 Å². The molecule has 5 nitrogen and oxygen atoms in total. The minimum Gasteiger partial charge on any atom is -0.411 e. The summed E-state index contributed by atoms with van der Waals surface area (Å²) in [4.78, 5) is 14.2. The van der Waals surface area contributed by atoms with Crippen molar-refractivity contribution in [2.24, 2.45) is 5.16 Å². The quantitative estimate of drug-likeness (QED) is 0.655. The van der Waals surface area contributed by atoms with Crippen LogP contribution in [0.2, 0.25) is 0 Å². The van der Waals surface area contributed by atoms with Gasteiger partial charge in [0.1, 0.15) is 6.04 Å². The van der Waals surface area contributed by atoms with Crippen LogP contribution in [0.1, 0.15) is 32.3 Å². The van der Waals surface area contributed by atoms with Gasteiger partial charge in [-0.1, -0.05) is 23.4 Å². The molecule has 2 N–H and O–H groups in total. The monoisotopic (exact) mass is 275 g/mol. The number of anilines is 1. The van der Waals surface area contributed by atoms with Gasteiger partial charge in [-0.3, -0.25) is 4.79 Å². The van der Waals surface area contributed by atoms with E-state index in [1.54, 1.807) is 0 Å². The van der Waals surface area contributed by atoms with Crippen LogP contribution in [0.3, 0.4) is 0 Å². The largest absolute Gasteiger partial charge is 0.411 e. The third-order valence-corrected chi connectivity index (χ3v) is 3.66. The molecule has 1 atom stereocenters. The average Bonchev–Trinajstić information content (AvgIpc) is 2.66. The van der Waals surface area contributed by atoms with Gasteiger partial charge in [-0.15, -0.1) is 0 Å². The molecule has 108 valence electrons. The van der Waals surface area contributed by atoms with Crippen molar-refractivity contribution in [2.75, 3.05) is 18.0 Å². The number of oxime groups is 1. The van der Waals surface area contributed by atoms with Crippen molar-refractivity contribution in [2.45, 2.75) is 32.7 Å². The smallest absolute Gasteiger partial charge is 0.242 e. The Kier molecular flexibility index (Phi) is 4.61. The van der Waals surface area contributed by atoms with Crippen molar-refractivity contribution >= 4 is 17.3 Å². The Morgan fingerprint density at radius 3 is 2.95 bits per heavy atom. The fraction of sp³-hybridized carbons (Fsp3) is 0.467. The molecule has 0 bridgehead atoms. The number of para-hydroxylation sites is 1. The molecule has 0 aliphatic carbocycles. The van der Waals surface area contributed by atoms with Crippen LogP contribution in [0.4, 0.5) is 5.69 Å². The number of fused-ring (bicyclic) bond motifs is 1. The van der Waals surface area contributed by atoms with Crippen LogP contribution in [0, 0.1) is 0 Å². The number of carbonyl (C=O) groups excluding carboxylic acids is 1. The number of hydrogen-bond acceptors (Lipinski definition) is 4. The van der Waals surface area contributed by atoms with Crippen LogP contribution in [-0.2, 0) is 4.79 Å². The van der Waals surface area contributed by atoms with E-state index in [2.05, 4.69) is 15.4 Å². The highest BCUT2D eigenvalue weighted by atomic mass is 16.4. The molecular formula is C15H21N3O2. The zero-order valence-electron chi connectivity index (χ0n) is 12.0. The van der Waals surface area contributed by atoms with E-state index in [0.29, 0.717) is 18.7 Å². The molecule has 1 amide bonds. The first kappa shape index (κ1) is 14.4. The molecule has 20 heavy (non-hydrogen) atoms. The Morgan fingerprint density at radius 2 is 2.25 bits per heavy atom. The zero-order valence-corrected chi connectivity index (χ0v) is 12.0. The Labute approximate surface area is 119 Å². The van der Waals surface area contributed by atoms with Gasteiger partial charge >= 0.3 is 0 Å². The van der Waals surface area contributed by atoms with Gasteiger partial charge in [-0.2, -0.15) is 0 Å². The molecule has 5 heteroatoms. The highest BCUT2D eigenvalue weighted by Gasteiger charge is 2.26. The van der Waals surface area contributed by atoms with Gasteiger partial charge in [0.05, 0.1) is 5.71 Å². The van der Waals surface area contributed by atoms with Crippen molar-refractivity contribution in [1.29, 1.82) is 0 Å². The number of carbonyl (C=O) groups is 1. The van der Waals surface area contributed by atoms with Crippen LogP contribution in [0.25, 0.3) is 0 Å². The number of nitrogens with zero attached hydrogens (tertiary/aromatic N) is 2. The van der Waals surface area contributed by atoms with E-state index in [1.165, 1.54) is 0 Å². The van der Waals surface area contributed by atoms with Crippen LogP contribution in [0.5, 0.6) is 0 Å². The van der Waals surface area contributed by atoms with Crippen molar-refractivity contribution < 1.29 is 10.0 Å². The van der Waals surface area contributed by atoms with Crippen molar-refractivity contribution in [3.05, 3.63) is 29.8 Å². The third-order valence-electron chi connectivity index (χ3n) is 3.66. The summed E-state index contributed by atoms with van der Waals surface area (Å²) < 4.78 is 0. The Hall–Kier alpha value is -2.04. The molecule has 1 aliphatic heterocycles. The fourth-order valence-electron chi connectivity index (χ4n) is 2.61. The summed E-state index contributed by atoms with van der Waals surface area (Å²) in [6, 6.07) is 7.53. The summed E-state index contributed by atoms with van der Waals surface area (Å²) in [7, 11) is 0. The van der Waals surface area contributed by atoms with Crippen LogP contribution < -0.4 is 10.2 Å². The SMILES string of the molecule is CCNC(=O)C(C)N1CCC/C(=N/O)c2ccccc21. The molecule has 1 heterocycles. The molecule has 1 aromatic carbocycles. The van der Waals surface area contributed by atoms with Gasteiger partial charge in [0, 0.05) is 24.3 Å². The number of rotatable bonds is 3. The zero-order chi connectivity index (χ0) is 14.5. The number of nitrogens with one attached hydrogen (secondary N) is 1. The molecule has 0 radical (unpaired) electrons. The normalized spacial score (nSPS) is 18.3. The molecule has 0 fully saturated rings. The van der Waals surface area contributed by atoms with E-state index >= 15 is 0 Å². The maximum Gasteiger partial charge on any atom is 0.242 e. The minimum atomic E-state index is -0.242. The molecule has 2 rings (SSSR count). The lowest BCUT2D eigenvalue weighted by Crippen LogP contribution is -2.45. The standard InChI is InChI=1S/C15H21N3O2/c1-3-16-15(19)11(2)18-10-6-8-13(17-20)12-7-4-5-9-14(12)18/h4-5,7,9,11,20H,3,6,8,10H2,1-2H3,(H,16,19)/b17-13-. The van der Waals surface area contributed by atoms with Crippen LogP contribution >= 0.6 is 0 Å². The predicted molar refractivity (Wildman–Crippen MR) is 79.5 cm³/mol. The lowest BCUT2D eigenvalue weighted by atomic mass is 10.1. The molecule has 0 saturated heterocycles. The van der Waals surface area contributed by atoms with Gasteiger partial charge in [0.15, 0.2) is 0 Å². The van der Waals surface area contributed by atoms with E-state index in [0.717, 1.165) is 24.2 Å². The lowest BCUT2D eigenvalue weighted by Gasteiger charge is -2.30. The first-order valence-corrected chi connectivity index (χ1v) is 7.03. The topological polar surface area (TPSA) is 64.9 Å². The Bertz CT molecular complexity index is 514. The van der Waals surface area contributed by atoms with Crippen LogP contribution in [-0.4, -0.2) is 36.0 Å². The second kappa shape index (κ2) is 6.41. The highest BCUT2D eigenvalue weighted by Crippen LogP contribution is 2.28. The van der Waals surface area contributed by atoms with E-state index < -0.39 is 0 Å². The second-order valence-electron chi connectivity index (χ2n) is 4.93.